The number of nitrogens with zero attached hydrogens (tertiary/aromatic N) is 2. The smallest absolute Gasteiger partial charge is 0.0537 e. The maximum absolute atomic E-state index is 4.21. The lowest BCUT2D eigenvalue weighted by atomic mass is 10.1. The van der Waals surface area contributed by atoms with Crippen LogP contribution in [0.2, 0.25) is 0 Å². The molecule has 0 aliphatic heterocycles. The highest BCUT2D eigenvalue weighted by Gasteiger charge is 2.11. The highest BCUT2D eigenvalue weighted by atomic mass is 15.2. The Labute approximate surface area is 98.2 Å². The van der Waals surface area contributed by atoms with Gasteiger partial charge in [0.15, 0.2) is 0 Å². The Morgan fingerprint density at radius 2 is 2.38 bits per heavy atom. The second-order valence-corrected chi connectivity index (χ2v) is 3.92. The summed E-state index contributed by atoms with van der Waals surface area (Å²) in [6.45, 7) is 5.11. The van der Waals surface area contributed by atoms with Gasteiger partial charge in [0.2, 0.25) is 0 Å². The molecule has 0 aromatic carbocycles. The molecule has 1 rings (SSSR count). The van der Waals surface area contributed by atoms with E-state index in [1.165, 1.54) is 5.56 Å². The lowest BCUT2D eigenvalue weighted by Crippen LogP contribution is -2.21. The van der Waals surface area contributed by atoms with E-state index >= 15 is 0 Å². The summed E-state index contributed by atoms with van der Waals surface area (Å²) < 4.78 is 1.85. The van der Waals surface area contributed by atoms with E-state index in [1.54, 1.807) is 0 Å². The summed E-state index contributed by atoms with van der Waals surface area (Å²) in [5, 5.41) is 7.75. The second-order valence-electron chi connectivity index (χ2n) is 3.92. The Bertz CT molecular complexity index is 357. The largest absolute Gasteiger partial charge is 0.310 e. The van der Waals surface area contributed by atoms with Gasteiger partial charge in [0.25, 0.3) is 0 Å². The van der Waals surface area contributed by atoms with Gasteiger partial charge in [-0.1, -0.05) is 6.92 Å². The van der Waals surface area contributed by atoms with Crippen LogP contribution < -0.4 is 5.32 Å². The molecule has 16 heavy (non-hydrogen) atoms. The average molecular weight is 219 g/mol. The second kappa shape index (κ2) is 7.08. The topological polar surface area (TPSA) is 29.9 Å². The number of aryl methyl sites for hydroxylation is 1. The molecule has 0 saturated heterocycles. The van der Waals surface area contributed by atoms with Gasteiger partial charge in [-0.15, -0.1) is 11.8 Å². The minimum atomic E-state index is 0.384. The van der Waals surface area contributed by atoms with Gasteiger partial charge in [-0.25, -0.2) is 0 Å². The monoisotopic (exact) mass is 219 g/mol. The van der Waals surface area contributed by atoms with Crippen LogP contribution in [0.3, 0.4) is 0 Å². The van der Waals surface area contributed by atoms with E-state index in [1.807, 2.05) is 24.9 Å². The molecule has 0 aliphatic carbocycles. The molecule has 0 spiro atoms. The molecule has 0 fully saturated rings. The number of rotatable bonds is 6. The summed E-state index contributed by atoms with van der Waals surface area (Å²) >= 11 is 0. The van der Waals surface area contributed by atoms with Crippen molar-refractivity contribution in [2.75, 3.05) is 6.54 Å². The fourth-order valence-corrected chi connectivity index (χ4v) is 1.67. The fourth-order valence-electron chi connectivity index (χ4n) is 1.67. The van der Waals surface area contributed by atoms with E-state index in [9.17, 15) is 0 Å². The lowest BCUT2D eigenvalue weighted by molar-refractivity contribution is 0.505. The zero-order valence-corrected chi connectivity index (χ0v) is 10.5. The number of hydrogen-bond donors (Lipinski definition) is 1. The van der Waals surface area contributed by atoms with Crippen molar-refractivity contribution in [2.45, 2.75) is 39.2 Å². The Balaban J connectivity index is 2.57. The number of aromatic nitrogens is 2. The minimum Gasteiger partial charge on any atom is -0.310 e. The van der Waals surface area contributed by atoms with Crippen molar-refractivity contribution >= 4 is 0 Å². The average Bonchev–Trinajstić information content (AvgIpc) is 2.70. The van der Waals surface area contributed by atoms with Crippen LogP contribution in [-0.4, -0.2) is 16.3 Å². The Morgan fingerprint density at radius 3 is 2.94 bits per heavy atom. The van der Waals surface area contributed by atoms with Gasteiger partial charge >= 0.3 is 0 Å². The quantitative estimate of drug-likeness (QED) is 0.744. The van der Waals surface area contributed by atoms with Crippen LogP contribution in [0.4, 0.5) is 0 Å². The van der Waals surface area contributed by atoms with Crippen LogP contribution in [0.5, 0.6) is 0 Å². The summed E-state index contributed by atoms with van der Waals surface area (Å²) in [7, 11) is 1.95. The van der Waals surface area contributed by atoms with Crippen molar-refractivity contribution in [3.63, 3.8) is 0 Å². The van der Waals surface area contributed by atoms with E-state index in [0.717, 1.165) is 25.8 Å². The molecule has 0 aliphatic rings. The summed E-state index contributed by atoms with van der Waals surface area (Å²) in [5.41, 5.74) is 1.26. The number of nitrogens with one attached hydrogen (secondary N) is 1. The molecule has 0 radical (unpaired) electrons. The van der Waals surface area contributed by atoms with Gasteiger partial charge in [0.05, 0.1) is 6.20 Å². The van der Waals surface area contributed by atoms with Crippen LogP contribution >= 0.6 is 0 Å². The predicted molar refractivity (Wildman–Crippen MR) is 66.9 cm³/mol. The zero-order chi connectivity index (χ0) is 11.8. The maximum Gasteiger partial charge on any atom is 0.0537 e. The fraction of sp³-hybridized carbons (Fsp3) is 0.615. The normalized spacial score (nSPS) is 11.9. The molecule has 3 heteroatoms. The summed E-state index contributed by atoms with van der Waals surface area (Å²) in [6.07, 6.45) is 7.15. The van der Waals surface area contributed by atoms with E-state index in [4.69, 9.17) is 0 Å². The van der Waals surface area contributed by atoms with E-state index in [2.05, 4.69) is 35.4 Å². The van der Waals surface area contributed by atoms with Crippen molar-refractivity contribution in [2.24, 2.45) is 7.05 Å². The molecular weight excluding hydrogens is 198 g/mol. The first-order valence-electron chi connectivity index (χ1n) is 5.89. The van der Waals surface area contributed by atoms with Crippen LogP contribution in [0.1, 0.15) is 44.7 Å². The Kier molecular flexibility index (Phi) is 5.66. The van der Waals surface area contributed by atoms with Crippen molar-refractivity contribution in [3.05, 3.63) is 18.0 Å². The number of hydrogen-bond acceptors (Lipinski definition) is 2. The van der Waals surface area contributed by atoms with Gasteiger partial charge in [0, 0.05) is 31.3 Å². The maximum atomic E-state index is 4.21. The highest BCUT2D eigenvalue weighted by molar-refractivity contribution is 5.11. The summed E-state index contributed by atoms with van der Waals surface area (Å²) in [6, 6.07) is 0.384. The third-order valence-electron chi connectivity index (χ3n) is 2.50. The van der Waals surface area contributed by atoms with Crippen molar-refractivity contribution in [3.8, 4) is 11.8 Å². The molecule has 1 aromatic heterocycles. The molecule has 1 N–H and O–H groups in total. The molecular formula is C13H21N3. The van der Waals surface area contributed by atoms with Crippen LogP contribution in [0, 0.1) is 11.8 Å². The molecule has 0 bridgehead atoms. The van der Waals surface area contributed by atoms with Gasteiger partial charge < -0.3 is 5.32 Å². The molecule has 1 unspecified atom stereocenters. The molecule has 1 heterocycles. The van der Waals surface area contributed by atoms with E-state index < -0.39 is 0 Å². The molecule has 88 valence electrons. The summed E-state index contributed by atoms with van der Waals surface area (Å²) in [5.74, 6) is 6.05. The molecule has 1 aromatic rings. The first-order valence-corrected chi connectivity index (χ1v) is 5.89. The van der Waals surface area contributed by atoms with E-state index in [-0.39, 0.29) is 0 Å². The third kappa shape index (κ3) is 4.08. The zero-order valence-electron chi connectivity index (χ0n) is 10.5. The molecule has 0 saturated carbocycles. The summed E-state index contributed by atoms with van der Waals surface area (Å²) in [4.78, 5) is 0. The standard InChI is InChI=1S/C13H21N3/c1-4-6-7-8-13(14-9-5-2)12-10-15-16(3)11-12/h10-11,13-14H,5,7-9H2,1-3H3. The minimum absolute atomic E-state index is 0.384. The van der Waals surface area contributed by atoms with Crippen LogP contribution in [0.25, 0.3) is 0 Å². The van der Waals surface area contributed by atoms with Crippen molar-refractivity contribution in [1.29, 1.82) is 0 Å². The lowest BCUT2D eigenvalue weighted by Gasteiger charge is -2.15. The Hall–Kier alpha value is -1.27. The predicted octanol–water partition coefficient (Wildman–Crippen LogP) is 2.26. The van der Waals surface area contributed by atoms with E-state index in [0.29, 0.717) is 6.04 Å². The van der Waals surface area contributed by atoms with Gasteiger partial charge in [-0.2, -0.15) is 5.10 Å². The van der Waals surface area contributed by atoms with Gasteiger partial charge in [-0.05, 0) is 26.3 Å². The molecule has 3 nitrogen and oxygen atoms in total. The first-order chi connectivity index (χ1) is 7.77. The van der Waals surface area contributed by atoms with Crippen molar-refractivity contribution in [1.82, 2.24) is 15.1 Å². The molecule has 1 atom stereocenters. The SMILES string of the molecule is CC#CCCC(NCCC)c1cnn(C)c1. The molecule has 0 amide bonds. The van der Waals surface area contributed by atoms with Gasteiger partial charge in [-0.3, -0.25) is 4.68 Å². The van der Waals surface area contributed by atoms with Gasteiger partial charge in [0.1, 0.15) is 0 Å². The van der Waals surface area contributed by atoms with Crippen molar-refractivity contribution < 1.29 is 0 Å². The first kappa shape index (κ1) is 12.8. The van der Waals surface area contributed by atoms with Crippen LogP contribution in [0.15, 0.2) is 12.4 Å². The highest BCUT2D eigenvalue weighted by Crippen LogP contribution is 2.17. The van der Waals surface area contributed by atoms with Crippen LogP contribution in [-0.2, 0) is 7.05 Å². The Morgan fingerprint density at radius 1 is 1.56 bits per heavy atom. The third-order valence-corrected chi connectivity index (χ3v) is 2.50.